The number of rotatable bonds is 6. The summed E-state index contributed by atoms with van der Waals surface area (Å²) in [5, 5.41) is 14.7. The molecule has 0 spiro atoms. The number of halogens is 2. The van der Waals surface area contributed by atoms with Gasteiger partial charge in [0.2, 0.25) is 0 Å². The van der Waals surface area contributed by atoms with Crippen molar-refractivity contribution in [1.82, 2.24) is 0 Å². The first-order chi connectivity index (χ1) is 13.7. The minimum Gasteiger partial charge on any atom is -0.397 e. The van der Waals surface area contributed by atoms with Crippen molar-refractivity contribution in [2.24, 2.45) is 0 Å². The highest BCUT2D eigenvalue weighted by Gasteiger charge is 2.23. The SMILES string of the molecule is Nc1cc(Cl)c(Nc2ccc(S(=O)(=O)Oc3ccccc3)cc2[N+](=O)[O-])cc1Cl. The van der Waals surface area contributed by atoms with E-state index in [1.54, 1.807) is 18.2 Å². The van der Waals surface area contributed by atoms with Crippen molar-refractivity contribution < 1.29 is 17.5 Å². The molecule has 0 atom stereocenters. The Bertz CT molecular complexity index is 1190. The topological polar surface area (TPSA) is 125 Å². The largest absolute Gasteiger partial charge is 0.397 e. The Morgan fingerprint density at radius 3 is 2.31 bits per heavy atom. The Hall–Kier alpha value is -3.01. The summed E-state index contributed by atoms with van der Waals surface area (Å²) in [6.07, 6.45) is 0. The van der Waals surface area contributed by atoms with Crippen molar-refractivity contribution in [2.75, 3.05) is 11.1 Å². The first-order valence-electron chi connectivity index (χ1n) is 7.97. The van der Waals surface area contributed by atoms with Gasteiger partial charge >= 0.3 is 10.1 Å². The molecule has 3 aromatic carbocycles. The van der Waals surface area contributed by atoms with Crippen LogP contribution in [0.2, 0.25) is 10.0 Å². The molecule has 0 bridgehead atoms. The third-order valence-corrected chi connectivity index (χ3v) is 5.64. The maximum absolute atomic E-state index is 12.5. The summed E-state index contributed by atoms with van der Waals surface area (Å²) in [4.78, 5) is 10.4. The van der Waals surface area contributed by atoms with Gasteiger partial charge in [0.25, 0.3) is 5.69 Å². The maximum atomic E-state index is 12.5. The standard InChI is InChI=1S/C18H13Cl2N3O5S/c19-13-10-17(14(20)9-15(13)21)22-16-7-6-12(8-18(16)23(24)25)29(26,27)28-11-4-2-1-3-5-11/h1-10,22H,21H2. The van der Waals surface area contributed by atoms with Crippen LogP contribution in [0.5, 0.6) is 5.75 Å². The molecule has 3 N–H and O–H groups in total. The van der Waals surface area contributed by atoms with Gasteiger partial charge in [0.1, 0.15) is 16.3 Å². The van der Waals surface area contributed by atoms with E-state index in [9.17, 15) is 18.5 Å². The molecule has 11 heteroatoms. The van der Waals surface area contributed by atoms with E-state index in [0.717, 1.165) is 6.07 Å². The zero-order valence-corrected chi connectivity index (χ0v) is 16.8. The summed E-state index contributed by atoms with van der Waals surface area (Å²) in [5.74, 6) is 0.0839. The van der Waals surface area contributed by atoms with Gasteiger partial charge in [-0.05, 0) is 36.4 Å². The summed E-state index contributed by atoms with van der Waals surface area (Å²) < 4.78 is 29.9. The number of nitrogens with zero attached hydrogens (tertiary/aromatic N) is 1. The lowest BCUT2D eigenvalue weighted by Gasteiger charge is -2.12. The molecule has 0 aliphatic carbocycles. The molecular formula is C18H13Cl2N3O5S. The monoisotopic (exact) mass is 453 g/mol. The second kappa shape index (κ2) is 8.16. The summed E-state index contributed by atoms with van der Waals surface area (Å²) in [5.41, 5.74) is 5.69. The van der Waals surface area contributed by atoms with Gasteiger partial charge in [0.15, 0.2) is 0 Å². The number of hydrogen-bond acceptors (Lipinski definition) is 7. The van der Waals surface area contributed by atoms with Crippen LogP contribution >= 0.6 is 23.2 Å². The summed E-state index contributed by atoms with van der Waals surface area (Å²) in [7, 11) is -4.28. The van der Waals surface area contributed by atoms with Crippen molar-refractivity contribution in [3.05, 3.63) is 80.8 Å². The average molecular weight is 454 g/mol. The molecule has 3 rings (SSSR count). The van der Waals surface area contributed by atoms with Gasteiger partial charge in [-0.25, -0.2) is 0 Å². The molecule has 0 saturated carbocycles. The fraction of sp³-hybridized carbons (Fsp3) is 0. The zero-order valence-electron chi connectivity index (χ0n) is 14.5. The molecule has 0 amide bonds. The van der Waals surface area contributed by atoms with Gasteiger partial charge in [-0.15, -0.1) is 0 Å². The van der Waals surface area contributed by atoms with Gasteiger partial charge < -0.3 is 15.2 Å². The lowest BCUT2D eigenvalue weighted by Crippen LogP contribution is -2.10. The smallest absolute Gasteiger partial charge is 0.339 e. The summed E-state index contributed by atoms with van der Waals surface area (Å²) in [6.45, 7) is 0. The fourth-order valence-electron chi connectivity index (χ4n) is 2.38. The number of nitrogens with two attached hydrogens (primary N) is 1. The molecule has 3 aromatic rings. The Morgan fingerprint density at radius 2 is 1.66 bits per heavy atom. The average Bonchev–Trinajstić information content (AvgIpc) is 2.66. The lowest BCUT2D eigenvalue weighted by molar-refractivity contribution is -0.384. The molecule has 0 unspecified atom stereocenters. The number of nitrogen functional groups attached to an aromatic ring is 1. The Balaban J connectivity index is 1.98. The Kier molecular flexibility index (Phi) is 5.83. The van der Waals surface area contributed by atoms with E-state index < -0.39 is 20.7 Å². The van der Waals surface area contributed by atoms with Crippen LogP contribution in [0.15, 0.2) is 65.6 Å². The number of benzene rings is 3. The van der Waals surface area contributed by atoms with Crippen LogP contribution in [0.4, 0.5) is 22.7 Å². The van der Waals surface area contributed by atoms with E-state index in [4.69, 9.17) is 33.1 Å². The van der Waals surface area contributed by atoms with Crippen LogP contribution in [-0.4, -0.2) is 13.3 Å². The fourth-order valence-corrected chi connectivity index (χ4v) is 3.71. The highest BCUT2D eigenvalue weighted by atomic mass is 35.5. The molecule has 0 aliphatic rings. The van der Waals surface area contributed by atoms with Crippen molar-refractivity contribution in [3.8, 4) is 5.75 Å². The minimum absolute atomic E-state index is 0.0106. The molecular weight excluding hydrogens is 441 g/mol. The number of para-hydroxylation sites is 1. The number of hydrogen-bond donors (Lipinski definition) is 2. The highest BCUT2D eigenvalue weighted by molar-refractivity contribution is 7.87. The van der Waals surface area contributed by atoms with Crippen molar-refractivity contribution in [1.29, 1.82) is 0 Å². The van der Waals surface area contributed by atoms with E-state index in [1.807, 2.05) is 0 Å². The molecule has 0 heterocycles. The summed E-state index contributed by atoms with van der Waals surface area (Å²) in [6, 6.07) is 13.9. The van der Waals surface area contributed by atoms with Gasteiger partial charge in [0.05, 0.1) is 26.3 Å². The number of nitro groups is 1. The number of nitro benzene ring substituents is 1. The molecule has 29 heavy (non-hydrogen) atoms. The van der Waals surface area contributed by atoms with Crippen LogP contribution in [0.1, 0.15) is 0 Å². The van der Waals surface area contributed by atoms with E-state index in [2.05, 4.69) is 5.32 Å². The molecule has 0 aliphatic heterocycles. The van der Waals surface area contributed by atoms with E-state index in [1.165, 1.54) is 36.4 Å². The predicted octanol–water partition coefficient (Wildman–Crippen LogP) is 5.00. The molecule has 150 valence electrons. The Morgan fingerprint density at radius 1 is 0.966 bits per heavy atom. The predicted molar refractivity (Wildman–Crippen MR) is 112 cm³/mol. The van der Waals surface area contributed by atoms with Crippen molar-refractivity contribution in [3.63, 3.8) is 0 Å². The first kappa shape index (κ1) is 20.7. The third kappa shape index (κ3) is 4.70. The van der Waals surface area contributed by atoms with Gasteiger partial charge in [-0.1, -0.05) is 41.4 Å². The molecule has 0 radical (unpaired) electrons. The highest BCUT2D eigenvalue weighted by Crippen LogP contribution is 2.36. The van der Waals surface area contributed by atoms with Gasteiger partial charge in [-0.3, -0.25) is 10.1 Å². The number of nitrogens with one attached hydrogen (secondary N) is 1. The normalized spacial score (nSPS) is 11.1. The molecule has 0 aromatic heterocycles. The minimum atomic E-state index is -4.28. The van der Waals surface area contributed by atoms with E-state index in [0.29, 0.717) is 0 Å². The zero-order chi connectivity index (χ0) is 21.2. The van der Waals surface area contributed by atoms with Crippen LogP contribution in [0.25, 0.3) is 0 Å². The van der Waals surface area contributed by atoms with Crippen LogP contribution in [0.3, 0.4) is 0 Å². The Labute approximate surface area is 176 Å². The van der Waals surface area contributed by atoms with E-state index in [-0.39, 0.29) is 37.8 Å². The maximum Gasteiger partial charge on any atom is 0.339 e. The van der Waals surface area contributed by atoms with Gasteiger partial charge in [0, 0.05) is 6.07 Å². The van der Waals surface area contributed by atoms with Crippen LogP contribution < -0.4 is 15.2 Å². The van der Waals surface area contributed by atoms with Crippen LogP contribution in [-0.2, 0) is 10.1 Å². The van der Waals surface area contributed by atoms with E-state index >= 15 is 0 Å². The lowest BCUT2D eigenvalue weighted by atomic mass is 10.2. The van der Waals surface area contributed by atoms with Gasteiger partial charge in [-0.2, -0.15) is 8.42 Å². The number of anilines is 3. The van der Waals surface area contributed by atoms with Crippen molar-refractivity contribution >= 4 is 56.1 Å². The molecule has 0 saturated heterocycles. The second-order valence-electron chi connectivity index (χ2n) is 5.77. The quantitative estimate of drug-likeness (QED) is 0.233. The first-order valence-corrected chi connectivity index (χ1v) is 10.1. The molecule has 8 nitrogen and oxygen atoms in total. The molecule has 0 fully saturated rings. The summed E-state index contributed by atoms with van der Waals surface area (Å²) >= 11 is 12.1. The van der Waals surface area contributed by atoms with Crippen LogP contribution in [0, 0.1) is 10.1 Å². The third-order valence-electron chi connectivity index (χ3n) is 3.76. The van der Waals surface area contributed by atoms with Crippen molar-refractivity contribution in [2.45, 2.75) is 4.90 Å². The second-order valence-corrected chi connectivity index (χ2v) is 8.13.